The molecule has 0 bridgehead atoms. The Labute approximate surface area is 131 Å². The zero-order valence-electron chi connectivity index (χ0n) is 11.9. The first-order valence-electron chi connectivity index (χ1n) is 6.50. The zero-order valence-corrected chi connectivity index (χ0v) is 12.7. The number of furan rings is 1. The van der Waals surface area contributed by atoms with Crippen LogP contribution < -0.4 is 4.74 Å². The minimum atomic E-state index is -0.550. The van der Waals surface area contributed by atoms with Crippen LogP contribution in [0.2, 0.25) is 5.02 Å². The van der Waals surface area contributed by atoms with E-state index in [2.05, 4.69) is 4.99 Å². The molecule has 1 aliphatic rings. The van der Waals surface area contributed by atoms with Crippen molar-refractivity contribution in [2.24, 2.45) is 4.99 Å². The summed E-state index contributed by atoms with van der Waals surface area (Å²) in [7, 11) is 1.52. The Morgan fingerprint density at radius 2 is 2.09 bits per heavy atom. The van der Waals surface area contributed by atoms with Crippen molar-refractivity contribution in [1.29, 1.82) is 0 Å². The number of nitrogens with zero attached hydrogens (tertiary/aromatic N) is 1. The van der Waals surface area contributed by atoms with Crippen LogP contribution in [0.1, 0.15) is 17.1 Å². The number of carbonyl (C=O) groups excluding carboxylic acids is 1. The van der Waals surface area contributed by atoms with Gasteiger partial charge in [-0.25, -0.2) is 9.79 Å². The SMILES string of the molecule is COc1ccc(Cl)cc1C1=NC(=Cc2ccc(C)o2)C(=O)O1. The van der Waals surface area contributed by atoms with Gasteiger partial charge in [-0.1, -0.05) is 11.6 Å². The maximum absolute atomic E-state index is 11.9. The van der Waals surface area contributed by atoms with E-state index in [1.807, 2.05) is 6.92 Å². The van der Waals surface area contributed by atoms with Crippen molar-refractivity contribution >= 4 is 29.5 Å². The molecule has 1 aromatic carbocycles. The Morgan fingerprint density at radius 3 is 2.77 bits per heavy atom. The third-order valence-corrected chi connectivity index (χ3v) is 3.29. The number of hydrogen-bond donors (Lipinski definition) is 0. The molecule has 0 N–H and O–H groups in total. The third-order valence-electron chi connectivity index (χ3n) is 3.05. The first-order chi connectivity index (χ1) is 10.6. The van der Waals surface area contributed by atoms with E-state index < -0.39 is 5.97 Å². The molecule has 1 aromatic heterocycles. The van der Waals surface area contributed by atoms with Crippen LogP contribution in [0.5, 0.6) is 5.75 Å². The average Bonchev–Trinajstić information content (AvgIpc) is 3.06. The number of aliphatic imine (C=N–C) groups is 1. The average molecular weight is 318 g/mol. The lowest BCUT2D eigenvalue weighted by Crippen LogP contribution is -2.07. The molecule has 0 amide bonds. The molecule has 22 heavy (non-hydrogen) atoms. The maximum Gasteiger partial charge on any atom is 0.363 e. The summed E-state index contributed by atoms with van der Waals surface area (Å²) in [6.07, 6.45) is 1.53. The smallest absolute Gasteiger partial charge is 0.363 e. The molecule has 1 aliphatic heterocycles. The van der Waals surface area contributed by atoms with Gasteiger partial charge in [0.15, 0.2) is 5.70 Å². The van der Waals surface area contributed by atoms with Crippen LogP contribution in [-0.4, -0.2) is 19.0 Å². The molecule has 112 valence electrons. The van der Waals surface area contributed by atoms with E-state index in [1.54, 1.807) is 30.3 Å². The second-order valence-corrected chi connectivity index (χ2v) is 5.07. The molecule has 0 fully saturated rings. The van der Waals surface area contributed by atoms with Gasteiger partial charge in [0.1, 0.15) is 17.3 Å². The lowest BCUT2D eigenvalue weighted by atomic mass is 10.2. The quantitative estimate of drug-likeness (QED) is 0.641. The summed E-state index contributed by atoms with van der Waals surface area (Å²) in [6.45, 7) is 1.82. The molecule has 2 aromatic rings. The van der Waals surface area contributed by atoms with Crippen LogP contribution in [0.3, 0.4) is 0 Å². The van der Waals surface area contributed by atoms with Crippen LogP contribution >= 0.6 is 11.6 Å². The molecule has 2 heterocycles. The molecule has 0 atom stereocenters. The first kappa shape index (κ1) is 14.4. The number of ether oxygens (including phenoxy) is 2. The van der Waals surface area contributed by atoms with Gasteiger partial charge in [-0.15, -0.1) is 0 Å². The molecule has 0 unspecified atom stereocenters. The number of carbonyl (C=O) groups is 1. The van der Waals surface area contributed by atoms with Gasteiger partial charge in [0.25, 0.3) is 0 Å². The summed E-state index contributed by atoms with van der Waals surface area (Å²) < 4.78 is 15.8. The highest BCUT2D eigenvalue weighted by atomic mass is 35.5. The van der Waals surface area contributed by atoms with Crippen molar-refractivity contribution in [3.63, 3.8) is 0 Å². The van der Waals surface area contributed by atoms with E-state index in [9.17, 15) is 4.79 Å². The Bertz CT molecular complexity index is 804. The largest absolute Gasteiger partial charge is 0.496 e. The molecular weight excluding hydrogens is 306 g/mol. The fourth-order valence-corrected chi connectivity index (χ4v) is 2.21. The normalized spacial score (nSPS) is 15.9. The maximum atomic E-state index is 11.9. The van der Waals surface area contributed by atoms with Crippen LogP contribution in [0, 0.1) is 6.92 Å². The highest BCUT2D eigenvalue weighted by Crippen LogP contribution is 2.27. The van der Waals surface area contributed by atoms with E-state index in [1.165, 1.54) is 13.2 Å². The molecular formula is C16H12ClNO4. The minimum absolute atomic E-state index is 0.152. The fraction of sp³-hybridized carbons (Fsp3) is 0.125. The topological polar surface area (TPSA) is 61.0 Å². The van der Waals surface area contributed by atoms with Crippen molar-refractivity contribution in [3.8, 4) is 5.75 Å². The molecule has 5 nitrogen and oxygen atoms in total. The number of methoxy groups -OCH3 is 1. The molecule has 0 saturated heterocycles. The number of aryl methyl sites for hydroxylation is 1. The second kappa shape index (κ2) is 5.69. The third kappa shape index (κ3) is 2.76. The highest BCUT2D eigenvalue weighted by Gasteiger charge is 2.26. The molecule has 0 aliphatic carbocycles. The van der Waals surface area contributed by atoms with Crippen LogP contribution in [0.4, 0.5) is 0 Å². The van der Waals surface area contributed by atoms with Crippen LogP contribution in [0.15, 0.2) is 45.4 Å². The Balaban J connectivity index is 2.00. The van der Waals surface area contributed by atoms with Crippen molar-refractivity contribution in [1.82, 2.24) is 0 Å². The van der Waals surface area contributed by atoms with E-state index >= 15 is 0 Å². The van der Waals surface area contributed by atoms with Crippen LogP contribution in [-0.2, 0) is 9.53 Å². The van der Waals surface area contributed by atoms with E-state index in [0.717, 1.165) is 5.76 Å². The Kier molecular flexibility index (Phi) is 3.73. The van der Waals surface area contributed by atoms with Gasteiger partial charge >= 0.3 is 5.97 Å². The van der Waals surface area contributed by atoms with Gasteiger partial charge in [-0.05, 0) is 37.3 Å². The number of cyclic esters (lactones) is 1. The lowest BCUT2D eigenvalue weighted by molar-refractivity contribution is -0.129. The highest BCUT2D eigenvalue weighted by molar-refractivity contribution is 6.31. The lowest BCUT2D eigenvalue weighted by Gasteiger charge is -2.07. The predicted octanol–water partition coefficient (Wildman–Crippen LogP) is 3.59. The minimum Gasteiger partial charge on any atom is -0.496 e. The number of esters is 1. The Hall–Kier alpha value is -2.53. The summed E-state index contributed by atoms with van der Waals surface area (Å²) in [4.78, 5) is 16.1. The summed E-state index contributed by atoms with van der Waals surface area (Å²) >= 11 is 5.98. The first-order valence-corrected chi connectivity index (χ1v) is 6.87. The molecule has 6 heteroatoms. The molecule has 3 rings (SSSR count). The Morgan fingerprint density at radius 1 is 1.27 bits per heavy atom. The van der Waals surface area contributed by atoms with Crippen molar-refractivity contribution < 1.29 is 18.7 Å². The van der Waals surface area contributed by atoms with Crippen molar-refractivity contribution in [3.05, 3.63) is 58.1 Å². The molecule has 0 saturated carbocycles. The summed E-state index contributed by atoms with van der Waals surface area (Å²) in [5.74, 6) is 1.41. The van der Waals surface area contributed by atoms with E-state index in [0.29, 0.717) is 22.1 Å². The second-order valence-electron chi connectivity index (χ2n) is 4.63. The number of hydrogen-bond acceptors (Lipinski definition) is 5. The fourth-order valence-electron chi connectivity index (χ4n) is 2.04. The number of halogens is 1. The summed E-state index contributed by atoms with van der Waals surface area (Å²) in [5, 5.41) is 0.494. The van der Waals surface area contributed by atoms with Crippen LogP contribution in [0.25, 0.3) is 6.08 Å². The van der Waals surface area contributed by atoms with E-state index in [4.69, 9.17) is 25.5 Å². The number of benzene rings is 1. The molecule has 0 radical (unpaired) electrons. The van der Waals surface area contributed by atoms with Gasteiger partial charge in [-0.2, -0.15) is 0 Å². The van der Waals surface area contributed by atoms with E-state index in [-0.39, 0.29) is 11.6 Å². The zero-order chi connectivity index (χ0) is 15.7. The van der Waals surface area contributed by atoms with Gasteiger partial charge in [0, 0.05) is 11.1 Å². The molecule has 0 spiro atoms. The summed E-state index contributed by atoms with van der Waals surface area (Å²) in [6, 6.07) is 8.56. The van der Waals surface area contributed by atoms with Crippen molar-refractivity contribution in [2.45, 2.75) is 6.92 Å². The van der Waals surface area contributed by atoms with Crippen molar-refractivity contribution in [2.75, 3.05) is 7.11 Å². The predicted molar refractivity (Wildman–Crippen MR) is 82.1 cm³/mol. The van der Waals surface area contributed by atoms with Gasteiger partial charge in [0.2, 0.25) is 5.90 Å². The summed E-state index contributed by atoms with van der Waals surface area (Å²) in [5.41, 5.74) is 0.675. The van der Waals surface area contributed by atoms with Gasteiger partial charge < -0.3 is 13.9 Å². The van der Waals surface area contributed by atoms with Gasteiger partial charge in [-0.3, -0.25) is 0 Å². The monoisotopic (exact) mass is 317 g/mol. The standard InChI is InChI=1S/C16H12ClNO4/c1-9-3-5-11(21-9)8-13-16(19)22-15(18-13)12-7-10(17)4-6-14(12)20-2/h3-8H,1-2H3. The van der Waals surface area contributed by atoms with Gasteiger partial charge in [0.05, 0.1) is 12.7 Å². The number of rotatable bonds is 3.